The van der Waals surface area contributed by atoms with Crippen molar-refractivity contribution in [3.05, 3.63) is 53.6 Å². The lowest BCUT2D eigenvalue weighted by Crippen LogP contribution is -2.18. The van der Waals surface area contributed by atoms with Crippen molar-refractivity contribution in [3.63, 3.8) is 0 Å². The van der Waals surface area contributed by atoms with Gasteiger partial charge >= 0.3 is 0 Å². The highest BCUT2D eigenvalue weighted by molar-refractivity contribution is 8.00. The molecule has 5 nitrogen and oxygen atoms in total. The molecule has 0 spiro atoms. The second kappa shape index (κ2) is 8.40. The van der Waals surface area contributed by atoms with Gasteiger partial charge in [-0.2, -0.15) is 0 Å². The van der Waals surface area contributed by atoms with Crippen LogP contribution in [0.1, 0.15) is 11.1 Å². The van der Waals surface area contributed by atoms with E-state index in [1.165, 1.54) is 17.8 Å². The van der Waals surface area contributed by atoms with Crippen LogP contribution in [-0.4, -0.2) is 28.4 Å². The van der Waals surface area contributed by atoms with Crippen LogP contribution in [0.4, 0.5) is 11.4 Å². The highest BCUT2D eigenvalue weighted by atomic mass is 32.2. The van der Waals surface area contributed by atoms with Crippen LogP contribution in [0.15, 0.2) is 42.5 Å². The van der Waals surface area contributed by atoms with Crippen LogP contribution in [0.25, 0.3) is 0 Å². The van der Waals surface area contributed by atoms with Crippen LogP contribution in [0, 0.1) is 13.8 Å². The molecule has 0 aliphatic heterocycles. The summed E-state index contributed by atoms with van der Waals surface area (Å²) in [4.78, 5) is 23.7. The smallest absolute Gasteiger partial charge is 0.234 e. The van der Waals surface area contributed by atoms with Crippen molar-refractivity contribution in [2.45, 2.75) is 13.8 Å². The predicted molar refractivity (Wildman–Crippen MR) is 98.6 cm³/mol. The number of carbonyl (C=O) groups excluding carboxylic acids is 2. The van der Waals surface area contributed by atoms with Crippen molar-refractivity contribution < 1.29 is 14.7 Å². The number of amides is 2. The van der Waals surface area contributed by atoms with Gasteiger partial charge in [-0.25, -0.2) is 0 Å². The van der Waals surface area contributed by atoms with E-state index < -0.39 is 0 Å². The summed E-state index contributed by atoms with van der Waals surface area (Å²) in [5.74, 6) is 0.130. The summed E-state index contributed by atoms with van der Waals surface area (Å²) in [6, 6.07) is 12.5. The molecule has 24 heavy (non-hydrogen) atoms. The summed E-state index contributed by atoms with van der Waals surface area (Å²) in [6.07, 6.45) is 0. The average Bonchev–Trinajstić information content (AvgIpc) is 2.53. The zero-order valence-corrected chi connectivity index (χ0v) is 14.4. The van der Waals surface area contributed by atoms with Crippen LogP contribution in [0.5, 0.6) is 5.75 Å². The maximum Gasteiger partial charge on any atom is 0.234 e. The summed E-state index contributed by atoms with van der Waals surface area (Å²) in [6.45, 7) is 3.76. The standard InChI is InChI=1S/C18H20N2O3S/c1-12-3-6-14(7-4-12)19-17(22)10-24-11-18(23)20-15-8-5-13(2)16(21)9-15/h3-9,21H,10-11H2,1-2H3,(H,19,22)(H,20,23). The number of anilines is 2. The van der Waals surface area contributed by atoms with E-state index in [1.54, 1.807) is 19.1 Å². The Morgan fingerprint density at radius 2 is 1.46 bits per heavy atom. The minimum Gasteiger partial charge on any atom is -0.508 e. The fraction of sp³-hybridized carbons (Fsp3) is 0.222. The topological polar surface area (TPSA) is 78.4 Å². The zero-order valence-electron chi connectivity index (χ0n) is 13.6. The van der Waals surface area contributed by atoms with Crippen LogP contribution in [-0.2, 0) is 9.59 Å². The molecule has 0 aliphatic rings. The van der Waals surface area contributed by atoms with Crippen molar-refractivity contribution in [2.24, 2.45) is 0 Å². The van der Waals surface area contributed by atoms with Gasteiger partial charge in [-0.05, 0) is 37.6 Å². The first-order valence-electron chi connectivity index (χ1n) is 7.48. The molecular formula is C18H20N2O3S. The number of aryl methyl sites for hydroxylation is 2. The maximum atomic E-state index is 11.8. The van der Waals surface area contributed by atoms with Gasteiger partial charge in [0.15, 0.2) is 0 Å². The quantitative estimate of drug-likeness (QED) is 0.751. The largest absolute Gasteiger partial charge is 0.508 e. The van der Waals surface area contributed by atoms with Crippen LogP contribution in [0.3, 0.4) is 0 Å². The van der Waals surface area contributed by atoms with Gasteiger partial charge in [0.25, 0.3) is 0 Å². The molecular weight excluding hydrogens is 324 g/mol. The number of phenols is 1. The number of rotatable bonds is 6. The van der Waals surface area contributed by atoms with Gasteiger partial charge in [-0.15, -0.1) is 11.8 Å². The lowest BCUT2D eigenvalue weighted by molar-refractivity contribution is -0.114. The van der Waals surface area contributed by atoms with Gasteiger partial charge in [0.1, 0.15) is 5.75 Å². The second-order valence-corrected chi connectivity index (χ2v) is 6.44. The van der Waals surface area contributed by atoms with Crippen molar-refractivity contribution in [1.29, 1.82) is 0 Å². The Labute approximate surface area is 145 Å². The molecule has 0 bridgehead atoms. The molecule has 126 valence electrons. The molecule has 0 aromatic heterocycles. The van der Waals surface area contributed by atoms with Gasteiger partial charge in [0, 0.05) is 17.4 Å². The molecule has 0 unspecified atom stereocenters. The third-order valence-corrected chi connectivity index (χ3v) is 4.23. The van der Waals surface area contributed by atoms with Gasteiger partial charge < -0.3 is 15.7 Å². The molecule has 2 aromatic rings. The summed E-state index contributed by atoms with van der Waals surface area (Å²) < 4.78 is 0. The Bertz CT molecular complexity index is 730. The van der Waals surface area contributed by atoms with Crippen molar-refractivity contribution >= 4 is 35.0 Å². The third kappa shape index (κ3) is 5.62. The lowest BCUT2D eigenvalue weighted by atomic mass is 10.2. The third-order valence-electron chi connectivity index (χ3n) is 3.29. The number of carbonyl (C=O) groups is 2. The van der Waals surface area contributed by atoms with Gasteiger partial charge in [0.05, 0.1) is 11.5 Å². The van der Waals surface area contributed by atoms with E-state index >= 15 is 0 Å². The molecule has 3 N–H and O–H groups in total. The van der Waals surface area contributed by atoms with Gasteiger partial charge in [0.2, 0.25) is 11.8 Å². The van der Waals surface area contributed by atoms with Crippen molar-refractivity contribution in [2.75, 3.05) is 22.1 Å². The molecule has 0 saturated heterocycles. The summed E-state index contributed by atoms with van der Waals surface area (Å²) in [7, 11) is 0. The van der Waals surface area contributed by atoms with E-state index in [9.17, 15) is 14.7 Å². The van der Waals surface area contributed by atoms with E-state index in [0.29, 0.717) is 5.69 Å². The Kier molecular flexibility index (Phi) is 6.26. The summed E-state index contributed by atoms with van der Waals surface area (Å²) in [5, 5.41) is 15.1. The summed E-state index contributed by atoms with van der Waals surface area (Å²) >= 11 is 1.23. The first-order valence-corrected chi connectivity index (χ1v) is 8.63. The van der Waals surface area contributed by atoms with Crippen LogP contribution in [0.2, 0.25) is 0 Å². The number of aromatic hydroxyl groups is 1. The lowest BCUT2D eigenvalue weighted by Gasteiger charge is -2.07. The SMILES string of the molecule is Cc1ccc(NC(=O)CSCC(=O)Nc2ccc(C)c(O)c2)cc1. The van der Waals surface area contributed by atoms with E-state index in [-0.39, 0.29) is 29.1 Å². The number of benzene rings is 2. The normalized spacial score (nSPS) is 10.2. The van der Waals surface area contributed by atoms with E-state index in [2.05, 4.69) is 10.6 Å². The number of thioether (sulfide) groups is 1. The van der Waals surface area contributed by atoms with Gasteiger partial charge in [-0.1, -0.05) is 23.8 Å². The minimum absolute atomic E-state index is 0.137. The maximum absolute atomic E-state index is 11.8. The monoisotopic (exact) mass is 344 g/mol. The fourth-order valence-electron chi connectivity index (χ4n) is 1.95. The fourth-order valence-corrected chi connectivity index (χ4v) is 2.57. The van der Waals surface area contributed by atoms with Crippen molar-refractivity contribution in [3.8, 4) is 5.75 Å². The minimum atomic E-state index is -0.216. The highest BCUT2D eigenvalue weighted by Crippen LogP contribution is 2.21. The van der Waals surface area contributed by atoms with Crippen LogP contribution >= 0.6 is 11.8 Å². The Hall–Kier alpha value is -2.47. The Morgan fingerprint density at radius 1 is 0.917 bits per heavy atom. The molecule has 0 aliphatic carbocycles. The Morgan fingerprint density at radius 3 is 2.04 bits per heavy atom. The first kappa shape index (κ1) is 17.9. The second-order valence-electron chi connectivity index (χ2n) is 5.46. The molecule has 0 radical (unpaired) electrons. The number of phenolic OH excluding ortho intramolecular Hbond substituents is 1. The number of hydrogen-bond donors (Lipinski definition) is 3. The average molecular weight is 344 g/mol. The van der Waals surface area contributed by atoms with E-state index in [4.69, 9.17) is 0 Å². The zero-order chi connectivity index (χ0) is 17.5. The van der Waals surface area contributed by atoms with Gasteiger partial charge in [-0.3, -0.25) is 9.59 Å². The molecule has 0 atom stereocenters. The predicted octanol–water partition coefficient (Wildman–Crippen LogP) is 3.32. The summed E-state index contributed by atoms with van der Waals surface area (Å²) in [5.41, 5.74) is 3.15. The van der Waals surface area contributed by atoms with Crippen molar-refractivity contribution in [1.82, 2.24) is 0 Å². The molecule has 0 saturated carbocycles. The molecule has 2 rings (SSSR count). The first-order chi connectivity index (χ1) is 11.4. The number of hydrogen-bond acceptors (Lipinski definition) is 4. The highest BCUT2D eigenvalue weighted by Gasteiger charge is 2.07. The van der Waals surface area contributed by atoms with E-state index in [1.807, 2.05) is 31.2 Å². The van der Waals surface area contributed by atoms with E-state index in [0.717, 1.165) is 16.8 Å². The number of nitrogens with one attached hydrogen (secondary N) is 2. The molecule has 2 amide bonds. The molecule has 2 aromatic carbocycles. The van der Waals surface area contributed by atoms with Crippen LogP contribution < -0.4 is 10.6 Å². The Balaban J connectivity index is 1.72. The molecule has 0 heterocycles. The molecule has 0 fully saturated rings. The molecule has 6 heteroatoms.